The van der Waals surface area contributed by atoms with Crippen LogP contribution in [0.25, 0.3) is 10.4 Å². The Hall–Kier alpha value is -3.00. The number of nitrogens with zero attached hydrogens (tertiary/aromatic N) is 2. The van der Waals surface area contributed by atoms with E-state index in [1.807, 2.05) is 13.8 Å². The van der Waals surface area contributed by atoms with Gasteiger partial charge in [-0.2, -0.15) is 4.39 Å². The Kier molecular flexibility index (Phi) is 4.60. The molecule has 0 N–H and O–H groups in total. The molecule has 2 aromatic rings. The number of hydrogen-bond donors (Lipinski definition) is 0. The van der Waals surface area contributed by atoms with E-state index in [0.717, 1.165) is 22.3 Å². The van der Waals surface area contributed by atoms with Crippen LogP contribution in [0, 0.1) is 12.5 Å². The Morgan fingerprint density at radius 3 is 2.77 bits per heavy atom. The molecule has 0 atom stereocenters. The van der Waals surface area contributed by atoms with Crippen molar-refractivity contribution in [2.75, 3.05) is 6.61 Å². The van der Waals surface area contributed by atoms with Crippen LogP contribution in [-0.2, 0) is 21.4 Å². The molecular formula is C21H19FN2O2. The summed E-state index contributed by atoms with van der Waals surface area (Å²) in [7, 11) is 0. The molecule has 0 spiro atoms. The van der Waals surface area contributed by atoms with Crippen LogP contribution in [0.5, 0.6) is 0 Å². The van der Waals surface area contributed by atoms with Crippen LogP contribution in [0.1, 0.15) is 37.5 Å². The van der Waals surface area contributed by atoms with Gasteiger partial charge in [-0.15, -0.1) is 0 Å². The van der Waals surface area contributed by atoms with Crippen molar-refractivity contribution < 1.29 is 13.9 Å². The summed E-state index contributed by atoms with van der Waals surface area (Å²) in [4.78, 5) is 19.8. The summed E-state index contributed by atoms with van der Waals surface area (Å²) in [5.41, 5.74) is 3.75. The molecule has 0 bridgehead atoms. The quantitative estimate of drug-likeness (QED) is 0.459. The van der Waals surface area contributed by atoms with Gasteiger partial charge in [-0.1, -0.05) is 32.0 Å². The van der Waals surface area contributed by atoms with Gasteiger partial charge in [-0.3, -0.25) is 0 Å². The monoisotopic (exact) mass is 350 g/mol. The number of halogens is 1. The molecular weight excluding hydrogens is 331 g/mol. The third-order valence-corrected chi connectivity index (χ3v) is 4.84. The second-order valence-corrected chi connectivity index (χ2v) is 6.70. The molecule has 0 saturated carbocycles. The lowest BCUT2D eigenvalue weighted by Gasteiger charge is -2.28. The fraction of sp³-hybridized carbons (Fsp3) is 0.286. The van der Waals surface area contributed by atoms with Crippen LogP contribution in [0.2, 0.25) is 0 Å². The molecule has 1 aromatic heterocycles. The first-order valence-electron chi connectivity index (χ1n) is 8.42. The number of rotatable bonds is 4. The SMILES string of the molecule is [C-]#[N+]c1ccc2c(c1)CC(C(C)(C)c1ccnc(F)c1)=C2C(=O)OCC. The minimum absolute atomic E-state index is 0.273. The van der Waals surface area contributed by atoms with Crippen molar-refractivity contribution in [3.8, 4) is 0 Å². The third kappa shape index (κ3) is 2.99. The lowest BCUT2D eigenvalue weighted by Crippen LogP contribution is -2.23. The zero-order valence-electron chi connectivity index (χ0n) is 15.0. The van der Waals surface area contributed by atoms with Crippen molar-refractivity contribution in [1.29, 1.82) is 0 Å². The average Bonchev–Trinajstić information content (AvgIpc) is 3.01. The second kappa shape index (κ2) is 6.72. The van der Waals surface area contributed by atoms with E-state index in [4.69, 9.17) is 11.3 Å². The minimum Gasteiger partial charge on any atom is -0.462 e. The molecule has 0 radical (unpaired) electrons. The number of allylic oxidation sites excluding steroid dienone is 1. The molecule has 0 unspecified atom stereocenters. The smallest absolute Gasteiger partial charge is 0.338 e. The largest absolute Gasteiger partial charge is 0.462 e. The van der Waals surface area contributed by atoms with Gasteiger partial charge in [-0.05, 0) is 47.7 Å². The Morgan fingerprint density at radius 1 is 1.35 bits per heavy atom. The molecule has 0 saturated heterocycles. The molecule has 0 amide bonds. The van der Waals surface area contributed by atoms with Gasteiger partial charge in [0.2, 0.25) is 5.95 Å². The zero-order valence-corrected chi connectivity index (χ0v) is 15.0. The van der Waals surface area contributed by atoms with E-state index in [1.54, 1.807) is 31.2 Å². The van der Waals surface area contributed by atoms with Gasteiger partial charge < -0.3 is 4.74 Å². The lowest BCUT2D eigenvalue weighted by atomic mass is 9.75. The van der Waals surface area contributed by atoms with Gasteiger partial charge in [0.05, 0.1) is 18.8 Å². The normalized spacial score (nSPS) is 13.3. The van der Waals surface area contributed by atoms with E-state index < -0.39 is 11.4 Å². The molecule has 132 valence electrons. The fourth-order valence-corrected chi connectivity index (χ4v) is 3.42. The van der Waals surface area contributed by atoms with Gasteiger partial charge in [0.1, 0.15) is 0 Å². The molecule has 26 heavy (non-hydrogen) atoms. The highest BCUT2D eigenvalue weighted by Gasteiger charge is 2.37. The van der Waals surface area contributed by atoms with Gasteiger partial charge in [0.25, 0.3) is 0 Å². The summed E-state index contributed by atoms with van der Waals surface area (Å²) in [5, 5.41) is 0. The minimum atomic E-state index is -0.594. The Labute approximate surface area is 152 Å². The number of fused-ring (bicyclic) bond motifs is 1. The summed E-state index contributed by atoms with van der Waals surface area (Å²) in [6.45, 7) is 13.2. The molecule has 0 fully saturated rings. The molecule has 4 nitrogen and oxygen atoms in total. The van der Waals surface area contributed by atoms with Gasteiger partial charge in [0, 0.05) is 11.6 Å². The van der Waals surface area contributed by atoms with E-state index in [1.165, 1.54) is 12.3 Å². The molecule has 1 heterocycles. The van der Waals surface area contributed by atoms with Crippen molar-refractivity contribution in [2.45, 2.75) is 32.6 Å². The van der Waals surface area contributed by atoms with E-state index in [9.17, 15) is 9.18 Å². The first kappa shape index (κ1) is 17.8. The van der Waals surface area contributed by atoms with Crippen LogP contribution >= 0.6 is 0 Å². The number of aromatic nitrogens is 1. The van der Waals surface area contributed by atoms with Gasteiger partial charge in [0.15, 0.2) is 5.69 Å². The maximum Gasteiger partial charge on any atom is 0.338 e. The number of pyridine rings is 1. The van der Waals surface area contributed by atoms with Crippen molar-refractivity contribution in [3.63, 3.8) is 0 Å². The topological polar surface area (TPSA) is 43.5 Å². The van der Waals surface area contributed by atoms with E-state index in [0.29, 0.717) is 17.7 Å². The lowest BCUT2D eigenvalue weighted by molar-refractivity contribution is -0.136. The summed E-state index contributed by atoms with van der Waals surface area (Å²) >= 11 is 0. The summed E-state index contributed by atoms with van der Waals surface area (Å²) < 4.78 is 19.0. The van der Waals surface area contributed by atoms with Crippen LogP contribution in [-0.4, -0.2) is 17.6 Å². The van der Waals surface area contributed by atoms with Gasteiger partial charge in [-0.25, -0.2) is 14.6 Å². The van der Waals surface area contributed by atoms with Crippen LogP contribution in [0.3, 0.4) is 0 Å². The summed E-state index contributed by atoms with van der Waals surface area (Å²) in [5.74, 6) is -0.945. The molecule has 3 rings (SSSR count). The molecule has 5 heteroatoms. The number of carbonyl (C=O) groups is 1. The average molecular weight is 350 g/mol. The first-order chi connectivity index (χ1) is 12.4. The Balaban J connectivity index is 2.17. The second-order valence-electron chi connectivity index (χ2n) is 6.70. The highest BCUT2D eigenvalue weighted by atomic mass is 19.1. The molecule has 0 aliphatic heterocycles. The number of esters is 1. The van der Waals surface area contributed by atoms with Crippen molar-refractivity contribution >= 4 is 17.2 Å². The van der Waals surface area contributed by atoms with Crippen LogP contribution < -0.4 is 0 Å². The predicted octanol–water partition coefficient (Wildman–Crippen LogP) is 4.62. The van der Waals surface area contributed by atoms with Crippen molar-refractivity contribution in [3.05, 3.63) is 76.2 Å². The summed E-state index contributed by atoms with van der Waals surface area (Å²) in [6.07, 6.45) is 1.94. The number of ether oxygens (including phenoxy) is 1. The Morgan fingerprint density at radius 2 is 2.12 bits per heavy atom. The number of benzene rings is 1. The van der Waals surface area contributed by atoms with E-state index >= 15 is 0 Å². The molecule has 1 aromatic carbocycles. The van der Waals surface area contributed by atoms with E-state index in [2.05, 4.69) is 9.83 Å². The zero-order chi connectivity index (χ0) is 18.9. The predicted molar refractivity (Wildman–Crippen MR) is 97.2 cm³/mol. The highest BCUT2D eigenvalue weighted by molar-refractivity contribution is 6.19. The molecule has 1 aliphatic carbocycles. The maximum absolute atomic E-state index is 13.7. The molecule has 1 aliphatic rings. The number of carbonyl (C=O) groups excluding carboxylic acids is 1. The first-order valence-corrected chi connectivity index (χ1v) is 8.42. The summed E-state index contributed by atoms with van der Waals surface area (Å²) in [6, 6.07) is 8.45. The van der Waals surface area contributed by atoms with Crippen molar-refractivity contribution in [2.24, 2.45) is 0 Å². The van der Waals surface area contributed by atoms with Crippen LogP contribution in [0.15, 0.2) is 42.1 Å². The standard InChI is InChI=1S/C21H19FN2O2/c1-5-26-20(25)19-16-7-6-15(23-4)10-13(16)11-17(19)21(2,3)14-8-9-24-18(22)12-14/h6-10,12H,5,11H2,1-3H3. The van der Waals surface area contributed by atoms with E-state index in [-0.39, 0.29) is 12.6 Å². The highest BCUT2D eigenvalue weighted by Crippen LogP contribution is 2.45. The Bertz CT molecular complexity index is 955. The van der Waals surface area contributed by atoms with Crippen LogP contribution in [0.4, 0.5) is 10.1 Å². The maximum atomic E-state index is 13.7. The third-order valence-electron chi connectivity index (χ3n) is 4.84. The van der Waals surface area contributed by atoms with Crippen molar-refractivity contribution in [1.82, 2.24) is 4.98 Å². The number of hydrogen-bond acceptors (Lipinski definition) is 3. The van der Waals surface area contributed by atoms with Gasteiger partial charge >= 0.3 is 5.97 Å². The fourth-order valence-electron chi connectivity index (χ4n) is 3.42.